The van der Waals surface area contributed by atoms with E-state index in [1.807, 2.05) is 6.92 Å². The van der Waals surface area contributed by atoms with Gasteiger partial charge in [0.2, 0.25) is 0 Å². The molecule has 0 spiro atoms. The number of ether oxygens (including phenoxy) is 2. The van der Waals surface area contributed by atoms with Crippen LogP contribution in [0, 0.1) is 0 Å². The van der Waals surface area contributed by atoms with Crippen molar-refractivity contribution in [1.82, 2.24) is 0 Å². The lowest BCUT2D eigenvalue weighted by Gasteiger charge is -2.16. The van der Waals surface area contributed by atoms with Crippen LogP contribution in [0.25, 0.3) is 0 Å². The summed E-state index contributed by atoms with van der Waals surface area (Å²) in [6.45, 7) is 2.74. The molecule has 0 aliphatic carbocycles. The third-order valence-electron chi connectivity index (χ3n) is 3.24. The van der Waals surface area contributed by atoms with E-state index >= 15 is 0 Å². The van der Waals surface area contributed by atoms with Crippen LogP contribution in [0.4, 0.5) is 0 Å². The van der Waals surface area contributed by atoms with E-state index in [2.05, 4.69) is 0 Å². The SMILES string of the molecule is CCCOC1C(=O)OCC1c1ccc(S(C)(=O)=O)cc1. The van der Waals surface area contributed by atoms with E-state index in [-0.39, 0.29) is 23.4 Å². The molecule has 1 saturated heterocycles. The fourth-order valence-electron chi connectivity index (χ4n) is 2.17. The zero-order valence-electron chi connectivity index (χ0n) is 11.5. The molecule has 1 aliphatic rings. The smallest absolute Gasteiger partial charge is 0.336 e. The molecule has 1 aromatic carbocycles. The minimum absolute atomic E-state index is 0.178. The normalized spacial score (nSPS) is 22.8. The number of cyclic esters (lactones) is 1. The van der Waals surface area contributed by atoms with E-state index in [0.717, 1.165) is 18.2 Å². The molecule has 0 bridgehead atoms. The molecule has 0 radical (unpaired) electrons. The lowest BCUT2D eigenvalue weighted by atomic mass is 9.96. The van der Waals surface area contributed by atoms with Crippen LogP contribution in [0.15, 0.2) is 29.2 Å². The number of carbonyl (C=O) groups is 1. The first-order chi connectivity index (χ1) is 9.43. The van der Waals surface area contributed by atoms with Gasteiger partial charge in [-0.3, -0.25) is 0 Å². The molecule has 0 saturated carbocycles. The van der Waals surface area contributed by atoms with E-state index in [9.17, 15) is 13.2 Å². The molecule has 2 atom stereocenters. The fourth-order valence-corrected chi connectivity index (χ4v) is 2.80. The van der Waals surface area contributed by atoms with Gasteiger partial charge in [0.1, 0.15) is 6.61 Å². The van der Waals surface area contributed by atoms with Crippen LogP contribution in [0.1, 0.15) is 24.8 Å². The van der Waals surface area contributed by atoms with E-state index in [1.165, 1.54) is 0 Å². The zero-order valence-corrected chi connectivity index (χ0v) is 12.4. The highest BCUT2D eigenvalue weighted by Gasteiger charge is 2.38. The third-order valence-corrected chi connectivity index (χ3v) is 4.37. The monoisotopic (exact) mass is 298 g/mol. The molecule has 1 aromatic rings. The summed E-state index contributed by atoms with van der Waals surface area (Å²) >= 11 is 0. The largest absolute Gasteiger partial charge is 0.463 e. The minimum atomic E-state index is -3.21. The van der Waals surface area contributed by atoms with Crippen LogP contribution in [-0.4, -0.2) is 40.0 Å². The standard InChI is InChI=1S/C14H18O5S/c1-3-8-18-13-12(9-19-14(13)15)10-4-6-11(7-5-10)20(2,16)17/h4-7,12-13H,3,8-9H2,1-2H3. The van der Waals surface area contributed by atoms with Crippen LogP contribution in [0.2, 0.25) is 0 Å². The van der Waals surface area contributed by atoms with Crippen LogP contribution >= 0.6 is 0 Å². The highest BCUT2D eigenvalue weighted by molar-refractivity contribution is 7.90. The Kier molecular flexibility index (Phi) is 4.45. The second kappa shape index (κ2) is 5.93. The van der Waals surface area contributed by atoms with Gasteiger partial charge in [-0.25, -0.2) is 13.2 Å². The second-order valence-corrected chi connectivity index (χ2v) is 6.88. The van der Waals surface area contributed by atoms with Gasteiger partial charge in [0.05, 0.1) is 10.8 Å². The molecule has 1 fully saturated rings. The summed E-state index contributed by atoms with van der Waals surface area (Å²) in [5.74, 6) is -0.529. The molecule has 0 aromatic heterocycles. The summed E-state index contributed by atoms with van der Waals surface area (Å²) in [5.41, 5.74) is 0.851. The van der Waals surface area contributed by atoms with Crippen molar-refractivity contribution >= 4 is 15.8 Å². The maximum Gasteiger partial charge on any atom is 0.336 e. The predicted molar refractivity (Wildman–Crippen MR) is 73.3 cm³/mol. The molecule has 110 valence electrons. The Bertz CT molecular complexity index is 576. The first kappa shape index (κ1) is 15.0. The van der Waals surface area contributed by atoms with Crippen molar-refractivity contribution < 1.29 is 22.7 Å². The van der Waals surface area contributed by atoms with Crippen molar-refractivity contribution in [3.8, 4) is 0 Å². The molecule has 0 N–H and O–H groups in total. The number of benzene rings is 1. The minimum Gasteiger partial charge on any atom is -0.463 e. The van der Waals surface area contributed by atoms with Crippen molar-refractivity contribution in [1.29, 1.82) is 0 Å². The number of hydrogen-bond donors (Lipinski definition) is 0. The van der Waals surface area contributed by atoms with Crippen LogP contribution in [-0.2, 0) is 24.1 Å². The fraction of sp³-hybridized carbons (Fsp3) is 0.500. The Morgan fingerprint density at radius 1 is 1.30 bits per heavy atom. The van der Waals surface area contributed by atoms with Crippen LogP contribution < -0.4 is 0 Å². The molecule has 2 unspecified atom stereocenters. The van der Waals surface area contributed by atoms with Gasteiger partial charge in [-0.1, -0.05) is 19.1 Å². The number of carbonyl (C=O) groups excluding carboxylic acids is 1. The second-order valence-electron chi connectivity index (χ2n) is 4.87. The average molecular weight is 298 g/mol. The Hall–Kier alpha value is -1.40. The van der Waals surface area contributed by atoms with Gasteiger partial charge in [-0.05, 0) is 24.1 Å². The first-order valence-corrected chi connectivity index (χ1v) is 8.41. The van der Waals surface area contributed by atoms with Gasteiger partial charge in [0.15, 0.2) is 15.9 Å². The number of rotatable bonds is 5. The summed E-state index contributed by atoms with van der Waals surface area (Å²) in [7, 11) is -3.21. The molecule has 5 nitrogen and oxygen atoms in total. The number of esters is 1. The Labute approximate surface area is 118 Å². The zero-order chi connectivity index (χ0) is 14.8. The van der Waals surface area contributed by atoms with Gasteiger partial charge in [-0.2, -0.15) is 0 Å². The van der Waals surface area contributed by atoms with Crippen LogP contribution in [0.5, 0.6) is 0 Å². The van der Waals surface area contributed by atoms with E-state index in [4.69, 9.17) is 9.47 Å². The summed E-state index contributed by atoms with van der Waals surface area (Å²) in [4.78, 5) is 11.9. The van der Waals surface area contributed by atoms with Gasteiger partial charge in [0.25, 0.3) is 0 Å². The maximum atomic E-state index is 11.6. The summed E-state index contributed by atoms with van der Waals surface area (Å²) in [6, 6.07) is 6.52. The molecular weight excluding hydrogens is 280 g/mol. The molecule has 6 heteroatoms. The third kappa shape index (κ3) is 3.19. The first-order valence-electron chi connectivity index (χ1n) is 6.51. The van der Waals surface area contributed by atoms with Crippen molar-refractivity contribution in [2.75, 3.05) is 19.5 Å². The Balaban J connectivity index is 2.20. The molecular formula is C14H18O5S. The lowest BCUT2D eigenvalue weighted by molar-refractivity contribution is -0.147. The van der Waals surface area contributed by atoms with E-state index < -0.39 is 15.9 Å². The molecule has 0 amide bonds. The number of hydrogen-bond acceptors (Lipinski definition) is 5. The quantitative estimate of drug-likeness (QED) is 0.771. The summed E-state index contributed by atoms with van der Waals surface area (Å²) in [5, 5.41) is 0. The van der Waals surface area contributed by atoms with Crippen molar-refractivity contribution in [2.45, 2.75) is 30.3 Å². The molecule has 1 aliphatic heterocycles. The van der Waals surface area contributed by atoms with Gasteiger partial charge < -0.3 is 9.47 Å². The molecule has 1 heterocycles. The van der Waals surface area contributed by atoms with Crippen molar-refractivity contribution in [3.63, 3.8) is 0 Å². The van der Waals surface area contributed by atoms with Gasteiger partial charge >= 0.3 is 5.97 Å². The maximum absolute atomic E-state index is 11.6. The highest BCUT2D eigenvalue weighted by Crippen LogP contribution is 2.29. The highest BCUT2D eigenvalue weighted by atomic mass is 32.2. The average Bonchev–Trinajstić information content (AvgIpc) is 2.77. The summed E-state index contributed by atoms with van der Waals surface area (Å²) in [6.07, 6.45) is 1.39. The van der Waals surface area contributed by atoms with E-state index in [0.29, 0.717) is 6.61 Å². The van der Waals surface area contributed by atoms with Crippen molar-refractivity contribution in [2.24, 2.45) is 0 Å². The predicted octanol–water partition coefficient (Wildman–Crippen LogP) is 1.53. The molecule has 20 heavy (non-hydrogen) atoms. The molecule has 2 rings (SSSR count). The Morgan fingerprint density at radius 3 is 2.50 bits per heavy atom. The van der Waals surface area contributed by atoms with Gasteiger partial charge in [0, 0.05) is 12.9 Å². The van der Waals surface area contributed by atoms with Crippen molar-refractivity contribution in [3.05, 3.63) is 29.8 Å². The topological polar surface area (TPSA) is 69.7 Å². The van der Waals surface area contributed by atoms with Gasteiger partial charge in [-0.15, -0.1) is 0 Å². The lowest BCUT2D eigenvalue weighted by Crippen LogP contribution is -2.25. The summed E-state index contributed by atoms with van der Waals surface area (Å²) < 4.78 is 33.4. The number of sulfone groups is 1. The Morgan fingerprint density at radius 2 is 1.95 bits per heavy atom. The van der Waals surface area contributed by atoms with E-state index in [1.54, 1.807) is 24.3 Å². The van der Waals surface area contributed by atoms with Crippen LogP contribution in [0.3, 0.4) is 0 Å².